The summed E-state index contributed by atoms with van der Waals surface area (Å²) < 4.78 is 10.4. The lowest BCUT2D eigenvalue weighted by Crippen LogP contribution is -2.03. The number of rotatable bonds is 4. The highest BCUT2D eigenvalue weighted by Gasteiger charge is 2.06. The predicted octanol–water partition coefficient (Wildman–Crippen LogP) is 2.52. The lowest BCUT2D eigenvalue weighted by atomic mass is 10.2. The van der Waals surface area contributed by atoms with Crippen molar-refractivity contribution in [2.75, 3.05) is 6.61 Å². The maximum absolute atomic E-state index is 10.8. The zero-order valence-corrected chi connectivity index (χ0v) is 8.16. The number of Topliss-reactive ketones (excluding diaryl/α,β-unsaturated/α-hetero) is 1. The van der Waals surface area contributed by atoms with Gasteiger partial charge in [-0.05, 0) is 12.0 Å². The van der Waals surface area contributed by atoms with Gasteiger partial charge in [0.15, 0.2) is 11.5 Å². The summed E-state index contributed by atoms with van der Waals surface area (Å²) in [6.45, 7) is 6.17. The van der Waals surface area contributed by atoms with Crippen LogP contribution in [0.4, 0.5) is 0 Å². The van der Waals surface area contributed by atoms with Gasteiger partial charge in [0, 0.05) is 13.0 Å². The van der Waals surface area contributed by atoms with Crippen molar-refractivity contribution < 1.29 is 13.9 Å². The van der Waals surface area contributed by atoms with E-state index in [-0.39, 0.29) is 5.78 Å². The third kappa shape index (κ3) is 2.93. The predicted molar refractivity (Wildman–Crippen MR) is 49.0 cm³/mol. The van der Waals surface area contributed by atoms with Crippen molar-refractivity contribution in [1.82, 2.24) is 0 Å². The van der Waals surface area contributed by atoms with Gasteiger partial charge in [0.05, 0.1) is 6.61 Å². The molecule has 0 saturated carbocycles. The highest BCUT2D eigenvalue weighted by molar-refractivity contribution is 5.91. The first-order valence-electron chi connectivity index (χ1n) is 4.33. The largest absolute Gasteiger partial charge is 0.465 e. The van der Waals surface area contributed by atoms with Crippen molar-refractivity contribution in [1.29, 1.82) is 0 Å². The quantitative estimate of drug-likeness (QED) is 0.671. The fraction of sp³-hybridized carbons (Fsp3) is 0.500. The molecule has 0 bridgehead atoms. The molecular weight excluding hydrogens is 168 g/mol. The Bertz CT molecular complexity index is 286. The van der Waals surface area contributed by atoms with Crippen LogP contribution in [-0.4, -0.2) is 12.4 Å². The smallest absolute Gasteiger partial charge is 0.284 e. The topological polar surface area (TPSA) is 39.4 Å². The van der Waals surface area contributed by atoms with E-state index < -0.39 is 0 Å². The molecule has 1 heterocycles. The van der Waals surface area contributed by atoms with E-state index in [0.717, 1.165) is 0 Å². The molecule has 0 saturated heterocycles. The number of furan rings is 1. The van der Waals surface area contributed by atoms with E-state index in [1.165, 1.54) is 6.92 Å². The van der Waals surface area contributed by atoms with Crippen LogP contribution in [-0.2, 0) is 0 Å². The molecule has 0 N–H and O–H groups in total. The third-order valence-corrected chi connectivity index (χ3v) is 1.49. The van der Waals surface area contributed by atoms with Gasteiger partial charge in [0.1, 0.15) is 0 Å². The van der Waals surface area contributed by atoms with Crippen LogP contribution in [0.25, 0.3) is 0 Å². The number of hydrogen-bond donors (Lipinski definition) is 0. The highest BCUT2D eigenvalue weighted by Crippen LogP contribution is 2.16. The SMILES string of the molecule is CC(=O)c1ccc(OCC(C)C)o1. The summed E-state index contributed by atoms with van der Waals surface area (Å²) in [5, 5.41) is 0. The molecule has 1 aromatic heterocycles. The van der Waals surface area contributed by atoms with Crippen LogP contribution in [0.1, 0.15) is 31.3 Å². The van der Waals surface area contributed by atoms with Gasteiger partial charge in [-0.2, -0.15) is 0 Å². The summed E-state index contributed by atoms with van der Waals surface area (Å²) in [5.41, 5.74) is 0. The normalized spacial score (nSPS) is 10.5. The standard InChI is InChI=1S/C10H14O3/c1-7(2)6-12-10-5-4-9(13-10)8(3)11/h4-5,7H,6H2,1-3H3. The molecule has 3 heteroatoms. The molecule has 0 aromatic carbocycles. The van der Waals surface area contributed by atoms with Crippen molar-refractivity contribution in [2.24, 2.45) is 5.92 Å². The summed E-state index contributed by atoms with van der Waals surface area (Å²) in [4.78, 5) is 10.8. The molecule has 0 fully saturated rings. The summed E-state index contributed by atoms with van der Waals surface area (Å²) in [6.07, 6.45) is 0. The molecule has 0 atom stereocenters. The summed E-state index contributed by atoms with van der Waals surface area (Å²) in [5.74, 6) is 1.13. The van der Waals surface area contributed by atoms with Crippen LogP contribution in [0.15, 0.2) is 16.5 Å². The zero-order valence-electron chi connectivity index (χ0n) is 8.16. The Balaban J connectivity index is 2.54. The molecule has 1 aromatic rings. The van der Waals surface area contributed by atoms with E-state index in [0.29, 0.717) is 24.2 Å². The first-order chi connectivity index (χ1) is 6.09. The number of carbonyl (C=O) groups excluding carboxylic acids is 1. The highest BCUT2D eigenvalue weighted by atomic mass is 16.6. The van der Waals surface area contributed by atoms with Crippen LogP contribution in [0.3, 0.4) is 0 Å². The van der Waals surface area contributed by atoms with Gasteiger partial charge in [-0.15, -0.1) is 0 Å². The minimum absolute atomic E-state index is 0.0839. The Hall–Kier alpha value is -1.25. The van der Waals surface area contributed by atoms with Gasteiger partial charge in [-0.25, -0.2) is 0 Å². The first-order valence-corrected chi connectivity index (χ1v) is 4.33. The van der Waals surface area contributed by atoms with Gasteiger partial charge < -0.3 is 9.15 Å². The Morgan fingerprint density at radius 1 is 1.54 bits per heavy atom. The molecule has 0 aliphatic carbocycles. The summed E-state index contributed by atoms with van der Waals surface area (Å²) >= 11 is 0. The van der Waals surface area contributed by atoms with Crippen molar-refractivity contribution in [3.05, 3.63) is 17.9 Å². The Kier molecular flexibility index (Phi) is 3.12. The molecule has 0 aliphatic rings. The van der Waals surface area contributed by atoms with E-state index in [1.807, 2.05) is 0 Å². The van der Waals surface area contributed by atoms with E-state index in [4.69, 9.17) is 9.15 Å². The second-order valence-electron chi connectivity index (χ2n) is 3.38. The van der Waals surface area contributed by atoms with Crippen LogP contribution in [0.2, 0.25) is 0 Å². The molecule has 0 amide bonds. The molecule has 0 radical (unpaired) electrons. The monoisotopic (exact) mass is 182 g/mol. The molecule has 13 heavy (non-hydrogen) atoms. The first kappa shape index (κ1) is 9.84. The summed E-state index contributed by atoms with van der Waals surface area (Å²) in [6, 6.07) is 3.29. The zero-order chi connectivity index (χ0) is 9.84. The van der Waals surface area contributed by atoms with Gasteiger partial charge in [-0.1, -0.05) is 13.8 Å². The van der Waals surface area contributed by atoms with Crippen LogP contribution < -0.4 is 4.74 Å². The fourth-order valence-corrected chi connectivity index (χ4v) is 0.836. The lowest BCUT2D eigenvalue weighted by molar-refractivity contribution is 0.0976. The fourth-order valence-electron chi connectivity index (χ4n) is 0.836. The van der Waals surface area contributed by atoms with E-state index >= 15 is 0 Å². The average molecular weight is 182 g/mol. The number of carbonyl (C=O) groups is 1. The van der Waals surface area contributed by atoms with Crippen molar-refractivity contribution >= 4 is 5.78 Å². The van der Waals surface area contributed by atoms with Gasteiger partial charge >= 0.3 is 0 Å². The van der Waals surface area contributed by atoms with Crippen molar-refractivity contribution in [2.45, 2.75) is 20.8 Å². The van der Waals surface area contributed by atoms with E-state index in [9.17, 15) is 4.79 Å². The second kappa shape index (κ2) is 4.12. The second-order valence-corrected chi connectivity index (χ2v) is 3.38. The number of ether oxygens (including phenoxy) is 1. The number of hydrogen-bond acceptors (Lipinski definition) is 3. The molecule has 0 spiro atoms. The van der Waals surface area contributed by atoms with E-state index in [1.54, 1.807) is 12.1 Å². The van der Waals surface area contributed by atoms with Crippen molar-refractivity contribution in [3.63, 3.8) is 0 Å². The van der Waals surface area contributed by atoms with Gasteiger partial charge in [0.2, 0.25) is 0 Å². The molecule has 0 unspecified atom stereocenters. The van der Waals surface area contributed by atoms with Gasteiger partial charge in [0.25, 0.3) is 5.95 Å². The van der Waals surface area contributed by atoms with Crippen LogP contribution in [0, 0.1) is 5.92 Å². The minimum Gasteiger partial charge on any atom is -0.465 e. The van der Waals surface area contributed by atoms with Crippen molar-refractivity contribution in [3.8, 4) is 5.95 Å². The van der Waals surface area contributed by atoms with Crippen LogP contribution in [0.5, 0.6) is 5.95 Å². The maximum Gasteiger partial charge on any atom is 0.284 e. The average Bonchev–Trinajstić information content (AvgIpc) is 2.48. The Morgan fingerprint density at radius 3 is 2.69 bits per heavy atom. The molecule has 72 valence electrons. The lowest BCUT2D eigenvalue weighted by Gasteiger charge is -2.04. The molecule has 1 rings (SSSR count). The van der Waals surface area contributed by atoms with Crippen LogP contribution >= 0.6 is 0 Å². The maximum atomic E-state index is 10.8. The number of ketones is 1. The Morgan fingerprint density at radius 2 is 2.23 bits per heavy atom. The van der Waals surface area contributed by atoms with E-state index in [2.05, 4.69) is 13.8 Å². The molecule has 3 nitrogen and oxygen atoms in total. The third-order valence-electron chi connectivity index (χ3n) is 1.49. The minimum atomic E-state index is -0.0839. The molecular formula is C10H14O3. The van der Waals surface area contributed by atoms with Gasteiger partial charge in [-0.3, -0.25) is 4.79 Å². The molecule has 0 aliphatic heterocycles. The summed E-state index contributed by atoms with van der Waals surface area (Å²) in [7, 11) is 0. The Labute approximate surface area is 77.7 Å².